The van der Waals surface area contributed by atoms with Gasteiger partial charge in [-0.1, -0.05) is 0 Å². The Morgan fingerprint density at radius 1 is 1.52 bits per heavy atom. The molecule has 0 saturated heterocycles. The van der Waals surface area contributed by atoms with Gasteiger partial charge >= 0.3 is 0 Å². The molecular weight excluding hydrogens is 278 g/mol. The van der Waals surface area contributed by atoms with Gasteiger partial charge in [-0.3, -0.25) is 4.79 Å². The van der Waals surface area contributed by atoms with E-state index in [0.717, 1.165) is 31.0 Å². The van der Waals surface area contributed by atoms with Gasteiger partial charge in [-0.2, -0.15) is 5.26 Å². The summed E-state index contributed by atoms with van der Waals surface area (Å²) in [6.07, 6.45) is 1.79. The molecule has 0 aromatic heterocycles. The lowest BCUT2D eigenvalue weighted by Gasteiger charge is -2.17. The van der Waals surface area contributed by atoms with Gasteiger partial charge in [0.15, 0.2) is 11.6 Å². The Morgan fingerprint density at radius 2 is 2.24 bits per heavy atom. The van der Waals surface area contributed by atoms with Gasteiger partial charge in [0.2, 0.25) is 5.91 Å². The lowest BCUT2D eigenvalue weighted by Crippen LogP contribution is -2.40. The second-order valence-electron chi connectivity index (χ2n) is 5.24. The Kier molecular flexibility index (Phi) is 4.73. The first-order valence-electron chi connectivity index (χ1n) is 6.79. The van der Waals surface area contributed by atoms with Gasteiger partial charge in [0.25, 0.3) is 0 Å². The van der Waals surface area contributed by atoms with E-state index in [1.807, 2.05) is 6.07 Å². The Hall–Kier alpha value is -2.16. The highest BCUT2D eigenvalue weighted by molar-refractivity contribution is 5.82. The Labute approximate surface area is 121 Å². The first-order valence-corrected chi connectivity index (χ1v) is 6.79. The molecule has 2 rings (SSSR count). The van der Waals surface area contributed by atoms with E-state index in [1.165, 1.54) is 0 Å². The average Bonchev–Trinajstić information content (AvgIpc) is 3.25. The minimum Gasteiger partial charge on any atom is -0.488 e. The van der Waals surface area contributed by atoms with E-state index >= 15 is 0 Å². The predicted octanol–water partition coefficient (Wildman–Crippen LogP) is 2.40. The van der Waals surface area contributed by atoms with Crippen LogP contribution >= 0.6 is 0 Å². The van der Waals surface area contributed by atoms with Crippen molar-refractivity contribution < 1.29 is 18.3 Å². The molecule has 1 fully saturated rings. The summed E-state index contributed by atoms with van der Waals surface area (Å²) in [5.74, 6) is -2.29. The number of nitriles is 1. The van der Waals surface area contributed by atoms with Crippen LogP contribution in [0.25, 0.3) is 0 Å². The fourth-order valence-corrected chi connectivity index (χ4v) is 1.98. The monoisotopic (exact) mass is 294 g/mol. The van der Waals surface area contributed by atoms with Gasteiger partial charge in [-0.25, -0.2) is 8.78 Å². The number of nitrogens with one attached hydrogen (secondary N) is 1. The summed E-state index contributed by atoms with van der Waals surface area (Å²) >= 11 is 0. The maximum atomic E-state index is 13.4. The molecule has 1 unspecified atom stereocenters. The van der Waals surface area contributed by atoms with Crippen LogP contribution in [0.15, 0.2) is 18.2 Å². The SMILES string of the molecule is C[C@H](COc1cc(F)ccc1F)NC(=O)C(C#N)C1CC1. The van der Waals surface area contributed by atoms with Crippen molar-refractivity contribution >= 4 is 5.91 Å². The molecule has 0 spiro atoms. The van der Waals surface area contributed by atoms with Gasteiger partial charge in [0, 0.05) is 6.07 Å². The highest BCUT2D eigenvalue weighted by Crippen LogP contribution is 2.36. The van der Waals surface area contributed by atoms with Gasteiger partial charge in [-0.15, -0.1) is 0 Å². The highest BCUT2D eigenvalue weighted by atomic mass is 19.1. The van der Waals surface area contributed by atoms with Crippen molar-refractivity contribution in [2.24, 2.45) is 11.8 Å². The zero-order valence-electron chi connectivity index (χ0n) is 11.6. The molecule has 0 bridgehead atoms. The van der Waals surface area contributed by atoms with Crippen molar-refractivity contribution in [3.05, 3.63) is 29.8 Å². The number of hydrogen-bond donors (Lipinski definition) is 1. The molecule has 6 heteroatoms. The molecule has 1 aromatic rings. The largest absolute Gasteiger partial charge is 0.488 e. The fourth-order valence-electron chi connectivity index (χ4n) is 1.98. The minimum absolute atomic E-state index is 0.00503. The number of halogens is 2. The molecular formula is C15H16F2N2O2. The first-order chi connectivity index (χ1) is 10.0. The van der Waals surface area contributed by atoms with Crippen LogP contribution in [0.5, 0.6) is 5.75 Å². The molecule has 1 aliphatic carbocycles. The number of carbonyl (C=O) groups excluding carboxylic acids is 1. The molecule has 21 heavy (non-hydrogen) atoms. The van der Waals surface area contributed by atoms with Crippen molar-refractivity contribution in [1.29, 1.82) is 5.26 Å². The van der Waals surface area contributed by atoms with E-state index in [-0.39, 0.29) is 24.2 Å². The van der Waals surface area contributed by atoms with Crippen LogP contribution in [0, 0.1) is 34.8 Å². The lowest BCUT2D eigenvalue weighted by atomic mass is 10.0. The molecule has 1 N–H and O–H groups in total. The number of ether oxygens (including phenoxy) is 1. The van der Waals surface area contributed by atoms with Crippen molar-refractivity contribution in [2.45, 2.75) is 25.8 Å². The molecule has 0 aliphatic heterocycles. The van der Waals surface area contributed by atoms with Crippen molar-refractivity contribution in [2.75, 3.05) is 6.61 Å². The second-order valence-corrected chi connectivity index (χ2v) is 5.24. The highest BCUT2D eigenvalue weighted by Gasteiger charge is 2.36. The van der Waals surface area contributed by atoms with Crippen molar-refractivity contribution in [3.8, 4) is 11.8 Å². The van der Waals surface area contributed by atoms with Crippen molar-refractivity contribution in [1.82, 2.24) is 5.32 Å². The van der Waals surface area contributed by atoms with Crippen molar-refractivity contribution in [3.63, 3.8) is 0 Å². The number of amides is 1. The Balaban J connectivity index is 1.84. The standard InChI is InChI=1S/C15H16F2N2O2/c1-9(19-15(20)12(7-18)10-2-3-10)8-21-14-6-11(16)4-5-13(14)17/h4-6,9-10,12H,2-3,8H2,1H3,(H,19,20)/t9-,12?/m1/s1. The van der Waals surface area contributed by atoms with Crippen LogP contribution in [0.3, 0.4) is 0 Å². The zero-order chi connectivity index (χ0) is 15.4. The maximum Gasteiger partial charge on any atom is 0.237 e. The molecule has 4 nitrogen and oxygen atoms in total. The topological polar surface area (TPSA) is 62.1 Å². The van der Waals surface area contributed by atoms with Crippen LogP contribution in [0.4, 0.5) is 8.78 Å². The van der Waals surface area contributed by atoms with Crippen LogP contribution in [-0.2, 0) is 4.79 Å². The molecule has 1 amide bonds. The van der Waals surface area contributed by atoms with Crippen LogP contribution in [0.2, 0.25) is 0 Å². The maximum absolute atomic E-state index is 13.4. The quantitative estimate of drug-likeness (QED) is 0.876. The van der Waals surface area contributed by atoms with Gasteiger partial charge in [-0.05, 0) is 37.8 Å². The third-order valence-electron chi connectivity index (χ3n) is 3.29. The van der Waals surface area contributed by atoms with E-state index in [0.29, 0.717) is 0 Å². The number of rotatable bonds is 6. The summed E-state index contributed by atoms with van der Waals surface area (Å²) in [6.45, 7) is 1.67. The molecule has 112 valence electrons. The number of carbonyl (C=O) groups is 1. The Morgan fingerprint density at radius 3 is 2.86 bits per heavy atom. The molecule has 1 aromatic carbocycles. The van der Waals surface area contributed by atoms with Crippen LogP contribution in [-0.4, -0.2) is 18.6 Å². The third-order valence-corrected chi connectivity index (χ3v) is 3.29. The lowest BCUT2D eigenvalue weighted by molar-refractivity contribution is -0.124. The summed E-state index contributed by atoms with van der Waals surface area (Å²) in [7, 11) is 0. The average molecular weight is 294 g/mol. The third kappa shape index (κ3) is 4.15. The fraction of sp³-hybridized carbons (Fsp3) is 0.467. The minimum atomic E-state index is -0.664. The first kappa shape index (κ1) is 15.2. The smallest absolute Gasteiger partial charge is 0.237 e. The van der Waals surface area contributed by atoms with E-state index < -0.39 is 23.6 Å². The summed E-state index contributed by atoms with van der Waals surface area (Å²) in [6, 6.07) is 4.52. The normalized spacial score (nSPS) is 16.7. The van der Waals surface area contributed by atoms with E-state index in [4.69, 9.17) is 10.00 Å². The van der Waals surface area contributed by atoms with Gasteiger partial charge in [0.1, 0.15) is 18.3 Å². The molecule has 0 radical (unpaired) electrons. The molecule has 1 aliphatic rings. The number of nitrogens with zero attached hydrogens (tertiary/aromatic N) is 1. The second kappa shape index (κ2) is 6.53. The van der Waals surface area contributed by atoms with Crippen LogP contribution < -0.4 is 10.1 Å². The van der Waals surface area contributed by atoms with Crippen LogP contribution in [0.1, 0.15) is 19.8 Å². The van der Waals surface area contributed by atoms with E-state index in [2.05, 4.69) is 5.32 Å². The summed E-state index contributed by atoms with van der Waals surface area (Å²) in [5.41, 5.74) is 0. The number of hydrogen-bond acceptors (Lipinski definition) is 3. The summed E-state index contributed by atoms with van der Waals surface area (Å²) < 4.78 is 31.5. The molecule has 0 heterocycles. The summed E-state index contributed by atoms with van der Waals surface area (Å²) in [4.78, 5) is 11.9. The van der Waals surface area contributed by atoms with E-state index in [1.54, 1.807) is 6.92 Å². The van der Waals surface area contributed by atoms with Gasteiger partial charge < -0.3 is 10.1 Å². The van der Waals surface area contributed by atoms with E-state index in [9.17, 15) is 13.6 Å². The summed E-state index contributed by atoms with van der Waals surface area (Å²) in [5, 5.41) is 11.6. The molecule has 1 saturated carbocycles. The predicted molar refractivity (Wildman–Crippen MR) is 71.3 cm³/mol. The molecule has 2 atom stereocenters. The zero-order valence-corrected chi connectivity index (χ0v) is 11.6. The Bertz CT molecular complexity index is 567. The van der Waals surface area contributed by atoms with Gasteiger partial charge in [0.05, 0.1) is 12.1 Å². The number of benzene rings is 1.